The van der Waals surface area contributed by atoms with Crippen LogP contribution in [0, 0.1) is 29.4 Å². The lowest BCUT2D eigenvalue weighted by atomic mass is 9.81. The number of hydrogen-bond donors (Lipinski definition) is 3. The van der Waals surface area contributed by atoms with E-state index < -0.39 is 81.3 Å². The smallest absolute Gasteiger partial charge is 0.296 e. The first kappa shape index (κ1) is 40.3. The maximum absolute atomic E-state index is 15.6. The molecule has 2 aliphatic carbocycles. The zero-order valence-electron chi connectivity index (χ0n) is 31.4. The van der Waals surface area contributed by atoms with E-state index in [-0.39, 0.29) is 51.5 Å². The number of pyridine rings is 1. The van der Waals surface area contributed by atoms with Gasteiger partial charge in [-0.3, -0.25) is 18.9 Å². The lowest BCUT2D eigenvalue weighted by Crippen LogP contribution is -2.35. The number of halogens is 6. The summed E-state index contributed by atoms with van der Waals surface area (Å²) in [6, 6.07) is 7.58. The molecular formula is C39H35F6N7O5S. The minimum atomic E-state index is -3.84. The van der Waals surface area contributed by atoms with Crippen molar-refractivity contribution in [1.82, 2.24) is 29.9 Å². The summed E-state index contributed by atoms with van der Waals surface area (Å²) < 4.78 is 123. The number of carbonyl (C=O) groups excluding carboxylic acids is 1. The molecule has 19 heteroatoms. The van der Waals surface area contributed by atoms with Crippen LogP contribution in [0.1, 0.15) is 66.1 Å². The molecule has 2 aromatic carbocycles. The number of ether oxygens (including phenoxy) is 1. The second-order valence-corrected chi connectivity index (χ2v) is 16.3. The van der Waals surface area contributed by atoms with Crippen LogP contribution in [0.2, 0.25) is 0 Å². The molecule has 0 radical (unpaired) electrons. The molecule has 58 heavy (non-hydrogen) atoms. The molecule has 3 N–H and O–H groups in total. The molecule has 0 unspecified atom stereocenters. The molecule has 7 rings (SSSR count). The number of anilines is 1. The number of aliphatic hydroxyl groups is 1. The Morgan fingerprint density at radius 3 is 2.34 bits per heavy atom. The zero-order chi connectivity index (χ0) is 42.1. The molecule has 0 aliphatic heterocycles. The van der Waals surface area contributed by atoms with Gasteiger partial charge in [-0.15, -0.1) is 0 Å². The van der Waals surface area contributed by atoms with Gasteiger partial charge in [-0.1, -0.05) is 18.1 Å². The van der Waals surface area contributed by atoms with Crippen molar-refractivity contribution in [3.63, 3.8) is 0 Å². The number of nitrogens with one attached hydrogen (secondary N) is 2. The van der Waals surface area contributed by atoms with E-state index in [0.717, 1.165) is 18.4 Å². The van der Waals surface area contributed by atoms with E-state index in [2.05, 4.69) is 32.1 Å². The highest BCUT2D eigenvalue weighted by molar-refractivity contribution is 7.92. The lowest BCUT2D eigenvalue weighted by molar-refractivity contribution is -0.123. The highest BCUT2D eigenvalue weighted by Crippen LogP contribution is 2.60. The molecular weight excluding hydrogens is 793 g/mol. The monoisotopic (exact) mass is 827 g/mol. The number of aryl methyl sites for hydroxylation is 1. The Morgan fingerprint density at radius 2 is 1.74 bits per heavy atom. The number of fused-ring (bicyclic) bond motifs is 4. The second-order valence-electron chi connectivity index (χ2n) is 14.6. The molecule has 0 saturated carbocycles. The molecule has 0 saturated heterocycles. The van der Waals surface area contributed by atoms with Crippen molar-refractivity contribution in [2.45, 2.75) is 56.7 Å². The molecule has 0 spiro atoms. The Morgan fingerprint density at radius 1 is 1.05 bits per heavy atom. The Labute approximate surface area is 328 Å². The lowest BCUT2D eigenvalue weighted by Gasteiger charge is -2.27. The van der Waals surface area contributed by atoms with Crippen LogP contribution < -0.4 is 14.8 Å². The minimum Gasteiger partial charge on any atom is -0.496 e. The highest BCUT2D eigenvalue weighted by Gasteiger charge is 2.60. The molecule has 3 atom stereocenters. The molecule has 3 heterocycles. The van der Waals surface area contributed by atoms with E-state index in [1.54, 1.807) is 12.1 Å². The Hall–Kier alpha value is -5.87. The van der Waals surface area contributed by atoms with Crippen LogP contribution >= 0.6 is 0 Å². The van der Waals surface area contributed by atoms with Crippen LogP contribution in [-0.4, -0.2) is 62.9 Å². The number of methoxy groups -OCH3 is 1. The predicted molar refractivity (Wildman–Crippen MR) is 200 cm³/mol. The third-order valence-corrected chi connectivity index (χ3v) is 10.3. The SMILES string of the molecule is COc1ccc(-c2ccc(C#CC(C)(C)O)nc2[C@H](Cc2cc(F)cc(F)c2)NC(=O)Cn2nc(C(F)F)c3c2C(F)(F)[C@@H]2C=C[C@H]32)c2c1c(NS(C)(=O)=O)nn2C. The van der Waals surface area contributed by atoms with Crippen LogP contribution in [-0.2, 0) is 40.8 Å². The number of aromatic nitrogens is 5. The summed E-state index contributed by atoms with van der Waals surface area (Å²) >= 11 is 0. The van der Waals surface area contributed by atoms with Crippen molar-refractivity contribution < 1.29 is 49.4 Å². The number of hydrogen-bond acceptors (Lipinski definition) is 8. The first-order valence-corrected chi connectivity index (χ1v) is 19.5. The van der Waals surface area contributed by atoms with Gasteiger partial charge in [0, 0.05) is 35.7 Å². The number of allylic oxidation sites excluding steroid dienone is 2. The van der Waals surface area contributed by atoms with Crippen molar-refractivity contribution in [2.75, 3.05) is 18.1 Å². The van der Waals surface area contributed by atoms with Crippen LogP contribution in [0.3, 0.4) is 0 Å². The van der Waals surface area contributed by atoms with Crippen molar-refractivity contribution >= 4 is 32.7 Å². The fourth-order valence-electron chi connectivity index (χ4n) is 7.40. The highest BCUT2D eigenvalue weighted by atomic mass is 32.2. The molecule has 304 valence electrons. The van der Waals surface area contributed by atoms with Gasteiger partial charge < -0.3 is 15.2 Å². The van der Waals surface area contributed by atoms with Gasteiger partial charge in [0.05, 0.1) is 41.9 Å². The second kappa shape index (κ2) is 14.5. The van der Waals surface area contributed by atoms with Crippen molar-refractivity contribution in [3.8, 4) is 28.7 Å². The van der Waals surface area contributed by atoms with E-state index in [1.807, 2.05) is 0 Å². The quantitative estimate of drug-likeness (QED) is 0.0831. The summed E-state index contributed by atoms with van der Waals surface area (Å²) in [6.07, 6.45) is -0.0134. The van der Waals surface area contributed by atoms with Gasteiger partial charge in [-0.25, -0.2) is 31.0 Å². The van der Waals surface area contributed by atoms with Gasteiger partial charge in [0.1, 0.15) is 46.6 Å². The minimum absolute atomic E-state index is 0.0254. The number of amides is 1. The topological polar surface area (TPSA) is 153 Å². The van der Waals surface area contributed by atoms with Gasteiger partial charge in [0.2, 0.25) is 15.9 Å². The largest absolute Gasteiger partial charge is 0.496 e. The van der Waals surface area contributed by atoms with Crippen molar-refractivity contribution in [1.29, 1.82) is 0 Å². The standard InChI is InChI=1S/C39H35F6N7O5S/c1-38(2,54)13-12-22-6-7-23(24-9-11-28(57-4)31-34(24)51(3)49-37(31)50-58(5,55)56)32(46-22)27(16-19-14-20(40)17-21(41)15-19)47-29(53)18-52-35-30(33(48-52)36(42)43)25-8-10-26(25)39(35,44)45/h6-11,14-15,17,25-27,36,54H,16,18H2,1-5H3,(H,47,53)(H,49,50)/t25-,26+,27-/m0/s1. The van der Waals surface area contributed by atoms with Gasteiger partial charge >= 0.3 is 0 Å². The van der Waals surface area contributed by atoms with Gasteiger partial charge in [0.15, 0.2) is 5.82 Å². The molecule has 12 nitrogen and oxygen atoms in total. The molecule has 0 fully saturated rings. The first-order valence-electron chi connectivity index (χ1n) is 17.6. The number of alkyl halides is 4. The number of nitrogens with zero attached hydrogens (tertiary/aromatic N) is 5. The zero-order valence-corrected chi connectivity index (χ0v) is 32.2. The number of rotatable bonds is 11. The first-order chi connectivity index (χ1) is 27.1. The van der Waals surface area contributed by atoms with Gasteiger partial charge in [-0.05, 0) is 68.2 Å². The van der Waals surface area contributed by atoms with Crippen LogP contribution in [0.5, 0.6) is 5.75 Å². The third kappa shape index (κ3) is 7.61. The number of carbonyl (C=O) groups is 1. The molecule has 0 bridgehead atoms. The fraction of sp³-hybridized carbons (Fsp3) is 0.333. The van der Waals surface area contributed by atoms with Crippen LogP contribution in [0.4, 0.5) is 32.2 Å². The summed E-state index contributed by atoms with van der Waals surface area (Å²) in [5, 5.41) is 21.4. The van der Waals surface area contributed by atoms with E-state index in [0.29, 0.717) is 21.8 Å². The van der Waals surface area contributed by atoms with Crippen molar-refractivity contribution in [3.05, 3.63) is 100 Å². The van der Waals surface area contributed by atoms with Gasteiger partial charge in [-0.2, -0.15) is 19.0 Å². The average Bonchev–Trinajstić information content (AvgIpc) is 3.66. The molecule has 1 amide bonds. The Balaban J connectivity index is 1.40. The fourth-order valence-corrected chi connectivity index (χ4v) is 7.89. The summed E-state index contributed by atoms with van der Waals surface area (Å²) in [5.74, 6) is -3.27. The van der Waals surface area contributed by atoms with E-state index in [4.69, 9.17) is 9.72 Å². The molecule has 5 aromatic rings. The summed E-state index contributed by atoms with van der Waals surface area (Å²) in [7, 11) is -0.930. The number of benzene rings is 2. The third-order valence-electron chi connectivity index (χ3n) is 9.69. The molecule has 3 aromatic heterocycles. The summed E-state index contributed by atoms with van der Waals surface area (Å²) in [4.78, 5) is 18.7. The van der Waals surface area contributed by atoms with Crippen LogP contribution in [0.15, 0.2) is 54.6 Å². The average molecular weight is 828 g/mol. The van der Waals surface area contributed by atoms with E-state index in [1.165, 1.54) is 57.0 Å². The van der Waals surface area contributed by atoms with E-state index in [9.17, 15) is 35.9 Å². The Bertz CT molecular complexity index is 2680. The number of sulfonamides is 1. The normalized spacial score (nSPS) is 17.3. The Kier molecular flexibility index (Phi) is 10.1. The van der Waals surface area contributed by atoms with E-state index >= 15 is 8.78 Å². The van der Waals surface area contributed by atoms with Crippen LogP contribution in [0.25, 0.3) is 22.0 Å². The maximum atomic E-state index is 15.6. The van der Waals surface area contributed by atoms with Gasteiger partial charge in [0.25, 0.3) is 12.3 Å². The summed E-state index contributed by atoms with van der Waals surface area (Å²) in [6.45, 7) is 1.93. The summed E-state index contributed by atoms with van der Waals surface area (Å²) in [5.41, 5.74) is -2.38. The van der Waals surface area contributed by atoms with Crippen molar-refractivity contribution in [2.24, 2.45) is 13.0 Å². The maximum Gasteiger partial charge on any atom is 0.296 e. The predicted octanol–water partition coefficient (Wildman–Crippen LogP) is 6.03. The molecule has 2 aliphatic rings.